The second kappa shape index (κ2) is 8.10. The van der Waals surface area contributed by atoms with Gasteiger partial charge in [0.05, 0.1) is 16.7 Å². The molecule has 0 fully saturated rings. The molecule has 0 saturated heterocycles. The van der Waals surface area contributed by atoms with Gasteiger partial charge in [0.15, 0.2) is 5.16 Å². The number of rotatable bonds is 6. The van der Waals surface area contributed by atoms with Gasteiger partial charge in [-0.3, -0.25) is 18.6 Å². The predicted molar refractivity (Wildman–Crippen MR) is 116 cm³/mol. The summed E-state index contributed by atoms with van der Waals surface area (Å²) in [5, 5.41) is 12.8. The average Bonchev–Trinajstić information content (AvgIpc) is 3.13. The maximum atomic E-state index is 12.8. The molecule has 0 radical (unpaired) electrons. The summed E-state index contributed by atoms with van der Waals surface area (Å²) in [5.41, 5.74) is 1.16. The number of benzene rings is 2. The van der Waals surface area contributed by atoms with Crippen molar-refractivity contribution < 1.29 is 4.79 Å². The van der Waals surface area contributed by atoms with Crippen molar-refractivity contribution in [2.45, 2.75) is 11.7 Å². The van der Waals surface area contributed by atoms with Crippen LogP contribution in [0, 0.1) is 0 Å². The van der Waals surface area contributed by atoms with Crippen molar-refractivity contribution in [1.29, 1.82) is 0 Å². The molecule has 0 aliphatic carbocycles. The molecule has 0 aliphatic heterocycles. The molecule has 0 unspecified atom stereocenters. The number of nitrogens with one attached hydrogen (secondary N) is 1. The molecule has 7 nitrogen and oxygen atoms in total. The van der Waals surface area contributed by atoms with Crippen molar-refractivity contribution >= 4 is 51.6 Å². The topological polar surface area (TPSA) is 81.3 Å². The molecule has 2 aromatic heterocycles. The Labute approximate surface area is 175 Å². The number of nitrogens with zero attached hydrogens (tertiary/aromatic N) is 4. The molecule has 4 aromatic rings. The first-order valence-electron chi connectivity index (χ1n) is 8.74. The zero-order chi connectivity index (χ0) is 20.4. The van der Waals surface area contributed by atoms with E-state index in [0.29, 0.717) is 39.1 Å². The SMILES string of the molecule is C=CCn1c(=O)c2ccccc2n2c(SCC(=O)Nc3cccc(Cl)c3)nnc12. The molecule has 4 rings (SSSR count). The number of thioether (sulfide) groups is 1. The van der Waals surface area contributed by atoms with E-state index in [1.807, 2.05) is 18.2 Å². The number of fused-ring (bicyclic) bond motifs is 3. The van der Waals surface area contributed by atoms with Crippen molar-refractivity contribution in [2.75, 3.05) is 11.1 Å². The number of anilines is 1. The van der Waals surface area contributed by atoms with Gasteiger partial charge in [-0.25, -0.2) is 0 Å². The van der Waals surface area contributed by atoms with E-state index in [1.54, 1.807) is 40.8 Å². The number of aromatic nitrogens is 4. The summed E-state index contributed by atoms with van der Waals surface area (Å²) < 4.78 is 3.30. The second-order valence-electron chi connectivity index (χ2n) is 6.19. The van der Waals surface area contributed by atoms with Gasteiger partial charge in [0, 0.05) is 17.3 Å². The standard InChI is InChI=1S/C20H16ClN5O2S/c1-2-10-25-18(28)15-8-3-4-9-16(15)26-19(25)23-24-20(26)29-12-17(27)22-14-7-5-6-13(21)11-14/h2-9,11H,1,10,12H2,(H,22,27). The Balaban J connectivity index is 1.67. The molecular weight excluding hydrogens is 410 g/mol. The lowest BCUT2D eigenvalue weighted by Gasteiger charge is -2.09. The summed E-state index contributed by atoms with van der Waals surface area (Å²) in [6.07, 6.45) is 1.64. The van der Waals surface area contributed by atoms with Crippen LogP contribution in [0.2, 0.25) is 5.02 Å². The van der Waals surface area contributed by atoms with Crippen molar-refractivity contribution in [3.63, 3.8) is 0 Å². The molecule has 1 N–H and O–H groups in total. The van der Waals surface area contributed by atoms with E-state index in [4.69, 9.17) is 11.6 Å². The fraction of sp³-hybridized carbons (Fsp3) is 0.100. The molecule has 0 saturated carbocycles. The van der Waals surface area contributed by atoms with Gasteiger partial charge in [-0.2, -0.15) is 0 Å². The smallest absolute Gasteiger partial charge is 0.263 e. The van der Waals surface area contributed by atoms with Crippen molar-refractivity contribution in [2.24, 2.45) is 0 Å². The first kappa shape index (κ1) is 19.2. The van der Waals surface area contributed by atoms with Crippen LogP contribution in [0.15, 0.2) is 71.1 Å². The Morgan fingerprint density at radius 2 is 2.03 bits per heavy atom. The van der Waals surface area contributed by atoms with E-state index >= 15 is 0 Å². The Hall–Kier alpha value is -3.10. The summed E-state index contributed by atoms with van der Waals surface area (Å²) in [7, 11) is 0. The lowest BCUT2D eigenvalue weighted by Crippen LogP contribution is -2.22. The van der Waals surface area contributed by atoms with Gasteiger partial charge in [-0.05, 0) is 30.3 Å². The van der Waals surface area contributed by atoms with Crippen molar-refractivity contribution in [1.82, 2.24) is 19.2 Å². The highest BCUT2D eigenvalue weighted by Crippen LogP contribution is 2.22. The van der Waals surface area contributed by atoms with Crippen LogP contribution in [0.1, 0.15) is 0 Å². The highest BCUT2D eigenvalue weighted by atomic mass is 35.5. The van der Waals surface area contributed by atoms with Gasteiger partial charge in [0.25, 0.3) is 5.56 Å². The van der Waals surface area contributed by atoms with Gasteiger partial charge in [0.2, 0.25) is 11.7 Å². The van der Waals surface area contributed by atoms with Gasteiger partial charge < -0.3 is 5.32 Å². The first-order valence-corrected chi connectivity index (χ1v) is 10.1. The Kier molecular flexibility index (Phi) is 5.37. The van der Waals surface area contributed by atoms with E-state index in [0.717, 1.165) is 0 Å². The van der Waals surface area contributed by atoms with Crippen LogP contribution in [0.25, 0.3) is 16.7 Å². The van der Waals surface area contributed by atoms with Crippen LogP contribution in [0.4, 0.5) is 5.69 Å². The van der Waals surface area contributed by atoms with Crippen molar-refractivity contribution in [3.8, 4) is 0 Å². The van der Waals surface area contributed by atoms with Gasteiger partial charge in [-0.1, -0.05) is 47.6 Å². The normalized spacial score (nSPS) is 11.1. The molecule has 2 heterocycles. The summed E-state index contributed by atoms with van der Waals surface area (Å²) in [5.74, 6) is 0.339. The number of carbonyl (C=O) groups is 1. The second-order valence-corrected chi connectivity index (χ2v) is 7.57. The minimum atomic E-state index is -0.197. The summed E-state index contributed by atoms with van der Waals surface area (Å²) in [6.45, 7) is 4.02. The van der Waals surface area contributed by atoms with E-state index in [9.17, 15) is 9.59 Å². The fourth-order valence-corrected chi connectivity index (χ4v) is 3.94. The Morgan fingerprint density at radius 1 is 1.21 bits per heavy atom. The van der Waals surface area contributed by atoms with Gasteiger partial charge in [0.1, 0.15) is 0 Å². The lowest BCUT2D eigenvalue weighted by atomic mass is 10.2. The minimum Gasteiger partial charge on any atom is -0.325 e. The molecular formula is C20H16ClN5O2S. The number of hydrogen-bond donors (Lipinski definition) is 1. The molecule has 146 valence electrons. The monoisotopic (exact) mass is 425 g/mol. The number of carbonyl (C=O) groups excluding carboxylic acids is 1. The molecule has 2 aromatic carbocycles. The Bertz CT molecular complexity index is 1300. The number of para-hydroxylation sites is 1. The quantitative estimate of drug-likeness (QED) is 0.377. The molecule has 0 atom stereocenters. The molecule has 0 spiro atoms. The van der Waals surface area contributed by atoms with Crippen LogP contribution in [-0.2, 0) is 11.3 Å². The highest BCUT2D eigenvalue weighted by Gasteiger charge is 2.17. The third kappa shape index (κ3) is 3.76. The van der Waals surface area contributed by atoms with Crippen molar-refractivity contribution in [3.05, 3.63) is 76.6 Å². The maximum absolute atomic E-state index is 12.8. The maximum Gasteiger partial charge on any atom is 0.263 e. The third-order valence-corrected chi connectivity index (χ3v) is 5.39. The van der Waals surface area contributed by atoms with Crippen LogP contribution in [-0.4, -0.2) is 30.8 Å². The largest absolute Gasteiger partial charge is 0.325 e. The van der Waals surface area contributed by atoms with E-state index in [2.05, 4.69) is 22.1 Å². The lowest BCUT2D eigenvalue weighted by molar-refractivity contribution is -0.113. The van der Waals surface area contributed by atoms with Crippen LogP contribution in [0.3, 0.4) is 0 Å². The first-order chi connectivity index (χ1) is 14.1. The minimum absolute atomic E-state index is 0.127. The van der Waals surface area contributed by atoms with Crippen LogP contribution in [0.5, 0.6) is 0 Å². The zero-order valence-electron chi connectivity index (χ0n) is 15.2. The number of amides is 1. The molecule has 1 amide bonds. The Morgan fingerprint density at radius 3 is 2.83 bits per heavy atom. The third-order valence-electron chi connectivity index (χ3n) is 4.23. The van der Waals surface area contributed by atoms with E-state index < -0.39 is 0 Å². The zero-order valence-corrected chi connectivity index (χ0v) is 16.8. The number of allylic oxidation sites excluding steroid dienone is 1. The number of halogens is 1. The van der Waals surface area contributed by atoms with Gasteiger partial charge >= 0.3 is 0 Å². The van der Waals surface area contributed by atoms with Crippen LogP contribution >= 0.6 is 23.4 Å². The molecule has 29 heavy (non-hydrogen) atoms. The van der Waals surface area contributed by atoms with Gasteiger partial charge in [-0.15, -0.1) is 16.8 Å². The average molecular weight is 426 g/mol. The molecule has 9 heteroatoms. The fourth-order valence-electron chi connectivity index (χ4n) is 3.01. The molecule has 0 bridgehead atoms. The number of hydrogen-bond acceptors (Lipinski definition) is 5. The summed E-state index contributed by atoms with van der Waals surface area (Å²) >= 11 is 7.19. The van der Waals surface area contributed by atoms with E-state index in [1.165, 1.54) is 16.3 Å². The highest BCUT2D eigenvalue weighted by molar-refractivity contribution is 7.99. The van der Waals surface area contributed by atoms with Crippen LogP contribution < -0.4 is 10.9 Å². The summed E-state index contributed by atoms with van der Waals surface area (Å²) in [6, 6.07) is 14.2. The molecule has 0 aliphatic rings. The predicted octanol–water partition coefficient (Wildman–Crippen LogP) is 3.61. The van der Waals surface area contributed by atoms with E-state index in [-0.39, 0.29) is 17.2 Å². The summed E-state index contributed by atoms with van der Waals surface area (Å²) in [4.78, 5) is 25.1.